The minimum Gasteiger partial charge on any atom is -0.358 e. The van der Waals surface area contributed by atoms with Gasteiger partial charge in [0.25, 0.3) is 5.56 Å². The van der Waals surface area contributed by atoms with Gasteiger partial charge in [0.15, 0.2) is 0 Å². The molecule has 1 aliphatic rings. The zero-order valence-corrected chi connectivity index (χ0v) is 13.9. The molecule has 6 nitrogen and oxygen atoms in total. The molecule has 1 aromatic heterocycles. The second-order valence-electron chi connectivity index (χ2n) is 6.18. The second kappa shape index (κ2) is 6.61. The average molecular weight is 352 g/mol. The van der Waals surface area contributed by atoms with Crippen LogP contribution in [0, 0.1) is 5.82 Å². The van der Waals surface area contributed by atoms with E-state index in [1.807, 2.05) is 35.2 Å². The molecular weight excluding hydrogens is 335 g/mol. The van der Waals surface area contributed by atoms with Crippen molar-refractivity contribution in [1.82, 2.24) is 14.5 Å². The van der Waals surface area contributed by atoms with Crippen LogP contribution in [0.25, 0.3) is 5.69 Å². The van der Waals surface area contributed by atoms with Gasteiger partial charge in [-0.05, 0) is 17.7 Å². The fourth-order valence-electron chi connectivity index (χ4n) is 3.19. The predicted molar refractivity (Wildman–Crippen MR) is 96.8 cm³/mol. The van der Waals surface area contributed by atoms with E-state index in [4.69, 9.17) is 0 Å². The highest BCUT2D eigenvalue weighted by Gasteiger charge is 2.24. The number of benzene rings is 2. The molecule has 0 atom stereocenters. The van der Waals surface area contributed by atoms with Crippen LogP contribution in [0.4, 0.5) is 10.2 Å². The quantitative estimate of drug-likeness (QED) is 0.757. The van der Waals surface area contributed by atoms with E-state index in [1.54, 1.807) is 12.1 Å². The highest BCUT2D eigenvalue weighted by atomic mass is 19.1. The normalized spacial score (nSPS) is 13.9. The number of fused-ring (bicyclic) bond motifs is 1. The van der Waals surface area contributed by atoms with E-state index in [0.717, 1.165) is 5.56 Å². The number of para-hydroxylation sites is 1. The maximum Gasteiger partial charge on any atom is 0.334 e. The van der Waals surface area contributed by atoms with Crippen molar-refractivity contribution < 1.29 is 4.39 Å². The summed E-state index contributed by atoms with van der Waals surface area (Å²) >= 11 is 0. The smallest absolute Gasteiger partial charge is 0.334 e. The first-order valence-electron chi connectivity index (χ1n) is 8.27. The number of nitrogens with zero attached hydrogens (tertiary/aromatic N) is 2. The summed E-state index contributed by atoms with van der Waals surface area (Å²) < 4.78 is 15.4. The summed E-state index contributed by atoms with van der Waals surface area (Å²) in [4.78, 5) is 29.0. The van der Waals surface area contributed by atoms with Crippen molar-refractivity contribution in [2.45, 2.75) is 13.1 Å². The average Bonchev–Trinajstić information content (AvgIpc) is 2.64. The topological polar surface area (TPSA) is 70.1 Å². The van der Waals surface area contributed by atoms with E-state index < -0.39 is 17.1 Å². The molecule has 3 aromatic rings. The van der Waals surface area contributed by atoms with E-state index in [9.17, 15) is 14.0 Å². The van der Waals surface area contributed by atoms with Crippen molar-refractivity contribution in [2.75, 3.05) is 12.0 Å². The van der Waals surface area contributed by atoms with Crippen molar-refractivity contribution in [3.63, 3.8) is 0 Å². The van der Waals surface area contributed by atoms with Gasteiger partial charge in [-0.25, -0.2) is 13.8 Å². The predicted octanol–water partition coefficient (Wildman–Crippen LogP) is 2.05. The summed E-state index contributed by atoms with van der Waals surface area (Å²) in [5, 5.41) is 3.11. The highest BCUT2D eigenvalue weighted by Crippen LogP contribution is 2.23. The standard InChI is InChI=1S/C19H17FN4O2/c20-15-8-4-5-9-16(15)24-17-14(18(25)22-19(24)26)11-23(12-21-17)10-13-6-2-1-3-7-13/h1-9,21H,10-12H2,(H,22,25,26). The number of H-pyrrole nitrogens is 1. The molecule has 2 aromatic carbocycles. The van der Waals surface area contributed by atoms with Crippen LogP contribution in [0.15, 0.2) is 64.2 Å². The largest absolute Gasteiger partial charge is 0.358 e. The van der Waals surface area contributed by atoms with Gasteiger partial charge in [-0.2, -0.15) is 0 Å². The molecule has 0 spiro atoms. The third-order valence-electron chi connectivity index (χ3n) is 4.40. The van der Waals surface area contributed by atoms with Crippen molar-refractivity contribution in [2.24, 2.45) is 0 Å². The minimum atomic E-state index is -0.664. The lowest BCUT2D eigenvalue weighted by Gasteiger charge is -2.30. The third kappa shape index (κ3) is 2.93. The number of aromatic nitrogens is 2. The molecule has 132 valence electrons. The first-order chi connectivity index (χ1) is 12.6. The lowest BCUT2D eigenvalue weighted by molar-refractivity contribution is 0.263. The summed E-state index contributed by atoms with van der Waals surface area (Å²) in [6, 6.07) is 15.9. The van der Waals surface area contributed by atoms with Crippen LogP contribution in [0.2, 0.25) is 0 Å². The SMILES string of the molecule is O=c1[nH]c(=O)n(-c2ccccc2F)c2c1CN(Cc1ccccc1)CN2. The number of aromatic amines is 1. The van der Waals surface area contributed by atoms with Gasteiger partial charge in [0.05, 0.1) is 17.9 Å². The molecule has 4 rings (SSSR count). The Kier molecular flexibility index (Phi) is 4.14. The first kappa shape index (κ1) is 16.3. The van der Waals surface area contributed by atoms with Crippen molar-refractivity contribution in [1.29, 1.82) is 0 Å². The van der Waals surface area contributed by atoms with Gasteiger partial charge in [0, 0.05) is 13.1 Å². The molecular formula is C19H17FN4O2. The van der Waals surface area contributed by atoms with E-state index in [0.29, 0.717) is 31.1 Å². The Morgan fingerprint density at radius 1 is 1.00 bits per heavy atom. The summed E-state index contributed by atoms with van der Waals surface area (Å²) in [7, 11) is 0. The minimum absolute atomic E-state index is 0.106. The number of hydrogen-bond donors (Lipinski definition) is 2. The van der Waals surface area contributed by atoms with Crippen LogP contribution in [0.5, 0.6) is 0 Å². The summed E-state index contributed by atoms with van der Waals surface area (Å²) in [5.74, 6) is -0.189. The highest BCUT2D eigenvalue weighted by molar-refractivity contribution is 5.52. The van der Waals surface area contributed by atoms with Gasteiger partial charge in [0.1, 0.15) is 11.6 Å². The Balaban J connectivity index is 1.74. The van der Waals surface area contributed by atoms with E-state index in [-0.39, 0.29) is 5.69 Å². The summed E-state index contributed by atoms with van der Waals surface area (Å²) in [6.45, 7) is 1.46. The van der Waals surface area contributed by atoms with Gasteiger partial charge in [0.2, 0.25) is 0 Å². The number of rotatable bonds is 3. The molecule has 2 N–H and O–H groups in total. The fraction of sp³-hybridized carbons (Fsp3) is 0.158. The molecule has 0 fully saturated rings. The van der Waals surface area contributed by atoms with Crippen LogP contribution in [0.3, 0.4) is 0 Å². The summed E-state index contributed by atoms with van der Waals surface area (Å²) in [5.41, 5.74) is 0.520. The first-order valence-corrected chi connectivity index (χ1v) is 8.27. The zero-order valence-electron chi connectivity index (χ0n) is 13.9. The molecule has 1 aliphatic heterocycles. The van der Waals surface area contributed by atoms with Gasteiger partial charge in [-0.1, -0.05) is 42.5 Å². The Bertz CT molecular complexity index is 1060. The third-order valence-corrected chi connectivity index (χ3v) is 4.40. The monoisotopic (exact) mass is 352 g/mol. The number of nitrogens with one attached hydrogen (secondary N) is 2. The molecule has 0 saturated heterocycles. The molecule has 0 amide bonds. The van der Waals surface area contributed by atoms with Gasteiger partial charge in [-0.15, -0.1) is 0 Å². The molecule has 0 saturated carbocycles. The van der Waals surface area contributed by atoms with Crippen LogP contribution in [0.1, 0.15) is 11.1 Å². The van der Waals surface area contributed by atoms with Crippen molar-refractivity contribution >= 4 is 5.82 Å². The Hall–Kier alpha value is -3.19. The van der Waals surface area contributed by atoms with E-state index >= 15 is 0 Å². The fourth-order valence-corrected chi connectivity index (χ4v) is 3.19. The number of anilines is 1. The molecule has 2 heterocycles. The molecule has 7 heteroatoms. The number of halogens is 1. The second-order valence-corrected chi connectivity index (χ2v) is 6.18. The van der Waals surface area contributed by atoms with E-state index in [2.05, 4.69) is 10.3 Å². The molecule has 0 bridgehead atoms. The van der Waals surface area contributed by atoms with Crippen LogP contribution < -0.4 is 16.6 Å². The zero-order chi connectivity index (χ0) is 18.1. The van der Waals surface area contributed by atoms with Gasteiger partial charge in [-0.3, -0.25) is 14.7 Å². The van der Waals surface area contributed by atoms with Crippen LogP contribution >= 0.6 is 0 Å². The Morgan fingerprint density at radius 2 is 1.73 bits per heavy atom. The van der Waals surface area contributed by atoms with E-state index in [1.165, 1.54) is 16.7 Å². The van der Waals surface area contributed by atoms with Crippen LogP contribution in [-0.4, -0.2) is 21.1 Å². The maximum absolute atomic E-state index is 14.2. The van der Waals surface area contributed by atoms with Crippen LogP contribution in [-0.2, 0) is 13.1 Å². The van der Waals surface area contributed by atoms with Crippen molar-refractivity contribution in [3.05, 3.63) is 92.4 Å². The summed E-state index contributed by atoms with van der Waals surface area (Å²) in [6.07, 6.45) is 0. The Morgan fingerprint density at radius 3 is 2.50 bits per heavy atom. The lowest BCUT2D eigenvalue weighted by Crippen LogP contribution is -2.42. The maximum atomic E-state index is 14.2. The number of hydrogen-bond acceptors (Lipinski definition) is 4. The lowest BCUT2D eigenvalue weighted by atomic mass is 10.1. The van der Waals surface area contributed by atoms with Gasteiger partial charge >= 0.3 is 5.69 Å². The van der Waals surface area contributed by atoms with Gasteiger partial charge < -0.3 is 5.32 Å². The Labute approximate surface area is 148 Å². The molecule has 0 aliphatic carbocycles. The molecule has 26 heavy (non-hydrogen) atoms. The van der Waals surface area contributed by atoms with Crippen molar-refractivity contribution in [3.8, 4) is 5.69 Å². The molecule has 0 unspecified atom stereocenters. The molecule has 0 radical (unpaired) electrons.